The van der Waals surface area contributed by atoms with E-state index in [9.17, 15) is 0 Å². The smallest absolute Gasteiger partial charge is 0.157 e. The van der Waals surface area contributed by atoms with Gasteiger partial charge in [0.2, 0.25) is 0 Å². The minimum atomic E-state index is -1.07. The van der Waals surface area contributed by atoms with E-state index in [0.29, 0.717) is 0 Å². The number of hydrogen-bond donors (Lipinski definition) is 0. The normalized spacial score (nSPS) is 10.8. The average molecular weight is 172 g/mol. The Bertz CT molecular complexity index is 102. The maximum Gasteiger partial charge on any atom is 0.157 e. The molecule has 0 saturated heterocycles. The number of nitriles is 1. The molecular weight excluding hydrogens is 168 g/mol. The van der Waals surface area contributed by atoms with E-state index in [1.165, 1.54) is 0 Å². The number of halogens is 3. The third kappa shape index (κ3) is 2.09. The SMILES string of the molecule is N#CC(Cl)(CCl)CCl. The molecule has 0 heterocycles. The first-order valence-corrected chi connectivity index (χ1v) is 3.35. The lowest BCUT2D eigenvalue weighted by atomic mass is 10.2. The lowest BCUT2D eigenvalue weighted by molar-refractivity contribution is 0.916. The Kier molecular flexibility index (Phi) is 3.55. The highest BCUT2D eigenvalue weighted by Gasteiger charge is 2.23. The van der Waals surface area contributed by atoms with Gasteiger partial charge in [-0.2, -0.15) is 5.26 Å². The zero-order chi connectivity index (χ0) is 6.62. The van der Waals surface area contributed by atoms with Crippen LogP contribution in [0.15, 0.2) is 0 Å². The summed E-state index contributed by atoms with van der Waals surface area (Å²) in [6, 6.07) is 1.78. The molecule has 0 aromatic carbocycles. The highest BCUT2D eigenvalue weighted by Crippen LogP contribution is 2.16. The van der Waals surface area contributed by atoms with Crippen molar-refractivity contribution in [2.75, 3.05) is 11.8 Å². The zero-order valence-corrected chi connectivity index (χ0v) is 6.26. The van der Waals surface area contributed by atoms with Gasteiger partial charge in [-0.25, -0.2) is 0 Å². The molecule has 0 atom stereocenters. The molecule has 0 aliphatic heterocycles. The Hall–Kier alpha value is 0.360. The fourth-order valence-electron chi connectivity index (χ4n) is 0.0955. The first kappa shape index (κ1) is 8.36. The van der Waals surface area contributed by atoms with Gasteiger partial charge in [-0.15, -0.1) is 34.8 Å². The van der Waals surface area contributed by atoms with Gasteiger partial charge in [0, 0.05) is 0 Å². The lowest BCUT2D eigenvalue weighted by Crippen LogP contribution is -2.22. The highest BCUT2D eigenvalue weighted by atomic mass is 35.5. The second-order valence-electron chi connectivity index (χ2n) is 1.34. The van der Waals surface area contributed by atoms with Crippen LogP contribution in [0.5, 0.6) is 0 Å². The Balaban J connectivity index is 3.83. The van der Waals surface area contributed by atoms with E-state index in [-0.39, 0.29) is 11.8 Å². The summed E-state index contributed by atoms with van der Waals surface area (Å²) in [5, 5.41) is 8.23. The molecule has 0 saturated carbocycles. The summed E-state index contributed by atoms with van der Waals surface area (Å²) in [5.41, 5.74) is 0. The fraction of sp³-hybridized carbons (Fsp3) is 0.750. The highest BCUT2D eigenvalue weighted by molar-refractivity contribution is 6.36. The van der Waals surface area contributed by atoms with E-state index >= 15 is 0 Å². The predicted molar refractivity (Wildman–Crippen MR) is 35.6 cm³/mol. The van der Waals surface area contributed by atoms with Gasteiger partial charge in [-0.1, -0.05) is 0 Å². The van der Waals surface area contributed by atoms with Crippen LogP contribution >= 0.6 is 34.8 Å². The maximum absolute atomic E-state index is 8.23. The van der Waals surface area contributed by atoms with Crippen LogP contribution in [-0.4, -0.2) is 16.6 Å². The van der Waals surface area contributed by atoms with Gasteiger partial charge in [-0.3, -0.25) is 0 Å². The molecule has 0 fully saturated rings. The topological polar surface area (TPSA) is 23.8 Å². The molecule has 0 radical (unpaired) electrons. The van der Waals surface area contributed by atoms with Gasteiger partial charge < -0.3 is 0 Å². The molecule has 0 bridgehead atoms. The lowest BCUT2D eigenvalue weighted by Gasteiger charge is -2.08. The summed E-state index contributed by atoms with van der Waals surface area (Å²) in [4.78, 5) is -1.07. The van der Waals surface area contributed by atoms with Crippen molar-refractivity contribution in [3.63, 3.8) is 0 Å². The van der Waals surface area contributed by atoms with Crippen LogP contribution in [0.2, 0.25) is 0 Å². The molecule has 0 N–H and O–H groups in total. The molecule has 8 heavy (non-hydrogen) atoms. The second-order valence-corrected chi connectivity index (χ2v) is 2.60. The van der Waals surface area contributed by atoms with Crippen LogP contribution < -0.4 is 0 Å². The van der Waals surface area contributed by atoms with Crippen LogP contribution in [0.1, 0.15) is 0 Å². The molecule has 0 spiro atoms. The molecule has 0 aromatic heterocycles. The fourth-order valence-corrected chi connectivity index (χ4v) is 0.501. The van der Waals surface area contributed by atoms with Crippen LogP contribution in [0.3, 0.4) is 0 Å². The van der Waals surface area contributed by atoms with Crippen molar-refractivity contribution in [3.8, 4) is 6.07 Å². The summed E-state index contributed by atoms with van der Waals surface area (Å²) in [6.45, 7) is 0. The molecule has 0 rings (SSSR count). The molecule has 1 nitrogen and oxygen atoms in total. The standard InChI is InChI=1S/C4H4Cl3N/c5-1-4(7,2-6)3-8/h1-2H2. The molecule has 0 aromatic rings. The first-order valence-electron chi connectivity index (χ1n) is 1.90. The summed E-state index contributed by atoms with van der Waals surface area (Å²) in [7, 11) is 0. The minimum Gasteiger partial charge on any atom is -0.196 e. The first-order chi connectivity index (χ1) is 3.68. The van der Waals surface area contributed by atoms with Gasteiger partial charge in [0.15, 0.2) is 4.87 Å². The Morgan fingerprint density at radius 1 is 1.38 bits per heavy atom. The van der Waals surface area contributed by atoms with Gasteiger partial charge in [0.25, 0.3) is 0 Å². The van der Waals surface area contributed by atoms with Gasteiger partial charge in [0.1, 0.15) is 0 Å². The van der Waals surface area contributed by atoms with E-state index in [4.69, 9.17) is 40.1 Å². The predicted octanol–water partition coefficient (Wildman–Crippen LogP) is 1.97. The van der Waals surface area contributed by atoms with E-state index in [0.717, 1.165) is 0 Å². The molecule has 4 heteroatoms. The van der Waals surface area contributed by atoms with Crippen LogP contribution in [-0.2, 0) is 0 Å². The average Bonchev–Trinajstić information content (AvgIpc) is 1.87. The van der Waals surface area contributed by atoms with Crippen molar-refractivity contribution in [2.45, 2.75) is 4.87 Å². The van der Waals surface area contributed by atoms with E-state index in [2.05, 4.69) is 0 Å². The minimum absolute atomic E-state index is 0.0640. The summed E-state index contributed by atoms with van der Waals surface area (Å²) in [6.07, 6.45) is 0. The monoisotopic (exact) mass is 171 g/mol. The van der Waals surface area contributed by atoms with E-state index in [1.807, 2.05) is 0 Å². The quantitative estimate of drug-likeness (QED) is 0.584. The Morgan fingerprint density at radius 2 is 1.75 bits per heavy atom. The van der Waals surface area contributed by atoms with Crippen molar-refractivity contribution >= 4 is 34.8 Å². The van der Waals surface area contributed by atoms with Gasteiger partial charge >= 0.3 is 0 Å². The molecule has 46 valence electrons. The number of nitrogens with zero attached hydrogens (tertiary/aromatic N) is 1. The van der Waals surface area contributed by atoms with Crippen molar-refractivity contribution in [1.82, 2.24) is 0 Å². The molecular formula is C4H4Cl3N. The summed E-state index contributed by atoms with van der Waals surface area (Å²) < 4.78 is 0. The van der Waals surface area contributed by atoms with Gasteiger partial charge in [-0.05, 0) is 0 Å². The van der Waals surface area contributed by atoms with Crippen LogP contribution in [0.25, 0.3) is 0 Å². The van der Waals surface area contributed by atoms with Crippen molar-refractivity contribution in [1.29, 1.82) is 5.26 Å². The number of hydrogen-bond acceptors (Lipinski definition) is 1. The number of rotatable bonds is 2. The maximum atomic E-state index is 8.23. The third-order valence-corrected chi connectivity index (χ3v) is 2.16. The molecule has 0 amide bonds. The third-order valence-electron chi connectivity index (χ3n) is 0.624. The Labute approximate surface area is 63.1 Å². The molecule has 0 aliphatic rings. The van der Waals surface area contributed by atoms with Crippen molar-refractivity contribution in [2.24, 2.45) is 0 Å². The second kappa shape index (κ2) is 3.40. The molecule has 0 aliphatic carbocycles. The van der Waals surface area contributed by atoms with Crippen LogP contribution in [0, 0.1) is 11.3 Å². The van der Waals surface area contributed by atoms with E-state index in [1.54, 1.807) is 6.07 Å². The number of alkyl halides is 3. The summed E-state index contributed by atoms with van der Waals surface area (Å²) in [5.74, 6) is 0.128. The van der Waals surface area contributed by atoms with Crippen LogP contribution in [0.4, 0.5) is 0 Å². The Morgan fingerprint density at radius 3 is 1.75 bits per heavy atom. The summed E-state index contributed by atoms with van der Waals surface area (Å²) >= 11 is 16.0. The van der Waals surface area contributed by atoms with E-state index < -0.39 is 4.87 Å². The zero-order valence-electron chi connectivity index (χ0n) is 4.00. The molecule has 0 unspecified atom stereocenters. The van der Waals surface area contributed by atoms with Gasteiger partial charge in [0.05, 0.1) is 17.8 Å². The van der Waals surface area contributed by atoms with Crippen molar-refractivity contribution in [3.05, 3.63) is 0 Å². The largest absolute Gasteiger partial charge is 0.196 e. The van der Waals surface area contributed by atoms with Crippen molar-refractivity contribution < 1.29 is 0 Å².